The topological polar surface area (TPSA) is 29.5 Å². The molecule has 2 heteroatoms. The molecule has 2 fully saturated rings. The van der Waals surface area contributed by atoms with Gasteiger partial charge in [0.05, 0.1) is 17.5 Å². The maximum absolute atomic E-state index is 9.89. The maximum atomic E-state index is 9.89. The molecule has 0 spiro atoms. The predicted octanol–water partition coefficient (Wildman–Crippen LogP) is 6.91. The molecular weight excluding hydrogens is 344 g/mol. The highest BCUT2D eigenvalue weighted by atomic mass is 16.5. The van der Waals surface area contributed by atoms with Crippen molar-refractivity contribution in [2.45, 2.75) is 83.8 Å². The third-order valence-electron chi connectivity index (χ3n) is 7.46. The molecule has 6 atom stereocenters. The molecule has 0 radical (unpaired) electrons. The Morgan fingerprint density at radius 2 is 1.79 bits per heavy atom. The molecular formula is C26H38O2. The number of ether oxygens (including phenoxy) is 1. The Kier molecular flexibility index (Phi) is 5.88. The summed E-state index contributed by atoms with van der Waals surface area (Å²) in [5.74, 6) is 4.25. The van der Waals surface area contributed by atoms with Gasteiger partial charge in [-0.1, -0.05) is 36.0 Å². The van der Waals surface area contributed by atoms with Crippen LogP contribution in [0.4, 0.5) is 0 Å². The second-order valence-electron chi connectivity index (χ2n) is 10.5. The normalized spacial score (nSPS) is 38.5. The van der Waals surface area contributed by atoms with Crippen molar-refractivity contribution in [1.29, 1.82) is 0 Å². The molecule has 0 aromatic rings. The molecule has 0 bridgehead atoms. The number of fused-ring (bicyclic) bond motifs is 1. The first kappa shape index (κ1) is 20.0. The smallest absolute Gasteiger partial charge is 0.0925 e. The zero-order valence-corrected chi connectivity index (χ0v) is 17.9. The van der Waals surface area contributed by atoms with Crippen molar-refractivity contribution in [2.24, 2.45) is 29.6 Å². The van der Waals surface area contributed by atoms with Crippen LogP contribution in [0, 0.1) is 29.6 Å². The summed E-state index contributed by atoms with van der Waals surface area (Å²) in [7, 11) is 0. The Bertz CT molecular complexity index is 675. The molecule has 154 valence electrons. The fourth-order valence-electron chi connectivity index (χ4n) is 6.43. The Morgan fingerprint density at radius 3 is 2.46 bits per heavy atom. The van der Waals surface area contributed by atoms with E-state index in [9.17, 15) is 5.11 Å². The second kappa shape index (κ2) is 8.22. The first-order valence-electron chi connectivity index (χ1n) is 11.5. The number of rotatable bonds is 3. The summed E-state index contributed by atoms with van der Waals surface area (Å²) in [5.41, 5.74) is 1.57. The Hall–Kier alpha value is -1.28. The lowest BCUT2D eigenvalue weighted by Crippen LogP contribution is -2.44. The molecule has 4 aliphatic carbocycles. The van der Waals surface area contributed by atoms with Gasteiger partial charge >= 0.3 is 0 Å². The van der Waals surface area contributed by atoms with E-state index in [4.69, 9.17) is 4.74 Å². The Balaban J connectivity index is 1.56. The first-order valence-corrected chi connectivity index (χ1v) is 11.5. The molecule has 0 heterocycles. The van der Waals surface area contributed by atoms with Gasteiger partial charge in [-0.25, -0.2) is 0 Å². The molecule has 1 N–H and O–H groups in total. The average Bonchev–Trinajstić information content (AvgIpc) is 2.67. The van der Waals surface area contributed by atoms with Crippen LogP contribution in [0.25, 0.3) is 0 Å². The standard InChI is InChI=1S/C26H38O2/c1-26(2,3)28-22-14-16-24-20(17-22)11-15-23(18-7-5-4-6-8-18)25(24)19-9-12-21(27)13-10-19/h4-7,9,12,18,20,22-25,27H,8,10-11,13-17H2,1-3H3/t18?,20?,22?,23?,24?,25-/m0/s1. The van der Waals surface area contributed by atoms with Crippen molar-refractivity contribution in [2.75, 3.05) is 0 Å². The van der Waals surface area contributed by atoms with Crippen molar-refractivity contribution in [3.8, 4) is 0 Å². The van der Waals surface area contributed by atoms with E-state index in [1.54, 1.807) is 5.57 Å². The molecule has 28 heavy (non-hydrogen) atoms. The molecule has 4 rings (SSSR count). The van der Waals surface area contributed by atoms with Gasteiger partial charge in [-0.2, -0.15) is 0 Å². The molecule has 5 unspecified atom stereocenters. The molecule has 2 nitrogen and oxygen atoms in total. The lowest BCUT2D eigenvalue weighted by molar-refractivity contribution is -0.102. The summed E-state index contributed by atoms with van der Waals surface area (Å²) < 4.78 is 6.39. The SMILES string of the molecule is CC(C)(C)OC1CCC2C(CCC(C3C=CC=CC3)[C@@H]2C2=CC=C(O)CC2)C1. The van der Waals surface area contributed by atoms with Crippen molar-refractivity contribution < 1.29 is 9.84 Å². The highest BCUT2D eigenvalue weighted by Gasteiger charge is 2.46. The summed E-state index contributed by atoms with van der Waals surface area (Å²) >= 11 is 0. The maximum Gasteiger partial charge on any atom is 0.0925 e. The van der Waals surface area contributed by atoms with Gasteiger partial charge in [0.2, 0.25) is 0 Å². The first-order chi connectivity index (χ1) is 13.4. The third kappa shape index (κ3) is 4.48. The van der Waals surface area contributed by atoms with E-state index < -0.39 is 0 Å². The average molecular weight is 383 g/mol. The van der Waals surface area contributed by atoms with Crippen LogP contribution < -0.4 is 0 Å². The molecule has 0 aliphatic heterocycles. The van der Waals surface area contributed by atoms with E-state index in [1.807, 2.05) is 6.08 Å². The quantitative estimate of drug-likeness (QED) is 0.575. The molecule has 0 aromatic heterocycles. The predicted molar refractivity (Wildman–Crippen MR) is 116 cm³/mol. The van der Waals surface area contributed by atoms with Crippen LogP contribution in [0.1, 0.15) is 72.1 Å². The van der Waals surface area contributed by atoms with Gasteiger partial charge in [0.25, 0.3) is 0 Å². The number of aliphatic hydroxyl groups excluding tert-OH is 1. The molecule has 0 aromatic carbocycles. The largest absolute Gasteiger partial charge is 0.512 e. The Morgan fingerprint density at radius 1 is 0.964 bits per heavy atom. The molecule has 0 amide bonds. The highest BCUT2D eigenvalue weighted by molar-refractivity contribution is 5.26. The fraction of sp³-hybridized carbons (Fsp3) is 0.692. The van der Waals surface area contributed by atoms with Crippen LogP contribution in [0.5, 0.6) is 0 Å². The van der Waals surface area contributed by atoms with Crippen molar-refractivity contribution in [1.82, 2.24) is 0 Å². The van der Waals surface area contributed by atoms with Crippen LogP contribution in [0.3, 0.4) is 0 Å². The summed E-state index contributed by atoms with van der Waals surface area (Å²) in [6.45, 7) is 6.56. The van der Waals surface area contributed by atoms with E-state index in [0.29, 0.717) is 23.7 Å². The summed E-state index contributed by atoms with van der Waals surface area (Å²) in [4.78, 5) is 0. The second-order valence-corrected chi connectivity index (χ2v) is 10.5. The minimum absolute atomic E-state index is 0.0401. The minimum atomic E-state index is -0.0401. The summed E-state index contributed by atoms with van der Waals surface area (Å²) in [6.07, 6.45) is 23.4. The van der Waals surface area contributed by atoms with Crippen LogP contribution in [-0.2, 0) is 4.74 Å². The molecule has 4 aliphatic rings. The van der Waals surface area contributed by atoms with Crippen LogP contribution in [0.2, 0.25) is 0 Å². The number of hydrogen-bond acceptors (Lipinski definition) is 2. The van der Waals surface area contributed by atoms with Crippen molar-refractivity contribution in [3.05, 3.63) is 47.8 Å². The van der Waals surface area contributed by atoms with Gasteiger partial charge in [-0.15, -0.1) is 0 Å². The number of allylic oxidation sites excluding steroid dienone is 8. The monoisotopic (exact) mass is 382 g/mol. The third-order valence-corrected chi connectivity index (χ3v) is 7.46. The summed E-state index contributed by atoms with van der Waals surface area (Å²) in [6, 6.07) is 0. The molecule has 0 saturated heterocycles. The van der Waals surface area contributed by atoms with Gasteiger partial charge in [0, 0.05) is 6.42 Å². The van der Waals surface area contributed by atoms with Gasteiger partial charge in [0.1, 0.15) is 0 Å². The van der Waals surface area contributed by atoms with E-state index in [0.717, 1.165) is 30.6 Å². The van der Waals surface area contributed by atoms with Gasteiger partial charge in [-0.05, 0) is 101 Å². The van der Waals surface area contributed by atoms with Crippen molar-refractivity contribution in [3.63, 3.8) is 0 Å². The van der Waals surface area contributed by atoms with Crippen LogP contribution in [-0.4, -0.2) is 16.8 Å². The van der Waals surface area contributed by atoms with E-state index in [1.165, 1.54) is 38.5 Å². The van der Waals surface area contributed by atoms with Crippen LogP contribution in [0.15, 0.2) is 47.8 Å². The highest BCUT2D eigenvalue weighted by Crippen LogP contribution is 2.53. The number of aliphatic hydroxyl groups is 1. The zero-order valence-electron chi connectivity index (χ0n) is 17.9. The van der Waals surface area contributed by atoms with Gasteiger partial charge in [0.15, 0.2) is 0 Å². The zero-order chi connectivity index (χ0) is 19.7. The van der Waals surface area contributed by atoms with E-state index in [-0.39, 0.29) is 5.60 Å². The lowest BCUT2D eigenvalue weighted by atomic mass is 9.55. The lowest BCUT2D eigenvalue weighted by Gasteiger charge is -2.51. The van der Waals surface area contributed by atoms with Gasteiger partial charge in [-0.3, -0.25) is 0 Å². The fourth-order valence-corrected chi connectivity index (χ4v) is 6.43. The minimum Gasteiger partial charge on any atom is -0.512 e. The number of hydrogen-bond donors (Lipinski definition) is 1. The van der Waals surface area contributed by atoms with E-state index in [2.05, 4.69) is 51.2 Å². The molecule has 2 saturated carbocycles. The van der Waals surface area contributed by atoms with E-state index >= 15 is 0 Å². The summed E-state index contributed by atoms with van der Waals surface area (Å²) in [5, 5.41) is 9.89. The van der Waals surface area contributed by atoms with Crippen molar-refractivity contribution >= 4 is 0 Å². The van der Waals surface area contributed by atoms with Crippen LogP contribution >= 0.6 is 0 Å². The Labute approximate surface area is 171 Å². The van der Waals surface area contributed by atoms with Gasteiger partial charge < -0.3 is 9.84 Å².